The quantitative estimate of drug-likeness (QED) is 0.532. The number of ether oxygens (including phenoxy) is 1. The fourth-order valence-corrected chi connectivity index (χ4v) is 6.05. The van der Waals surface area contributed by atoms with E-state index in [0.717, 1.165) is 25.6 Å². The van der Waals surface area contributed by atoms with E-state index in [1.165, 1.54) is 41.4 Å². The van der Waals surface area contributed by atoms with Gasteiger partial charge in [-0.1, -0.05) is 13.8 Å². The molecule has 3 rings (SSSR count). The molecule has 4 unspecified atom stereocenters. The van der Waals surface area contributed by atoms with E-state index in [2.05, 4.69) is 58.5 Å². The van der Waals surface area contributed by atoms with E-state index in [-0.39, 0.29) is 0 Å². The van der Waals surface area contributed by atoms with Gasteiger partial charge in [0.2, 0.25) is 0 Å². The molecule has 0 amide bonds. The van der Waals surface area contributed by atoms with Crippen LogP contribution in [0.1, 0.15) is 51.6 Å². The van der Waals surface area contributed by atoms with Crippen molar-refractivity contribution in [2.75, 3.05) is 20.2 Å². The Balaban J connectivity index is 1.80. The van der Waals surface area contributed by atoms with E-state index in [1.54, 1.807) is 0 Å². The Bertz CT molecular complexity index is 575. The highest BCUT2D eigenvalue weighted by atomic mass is 127. The molecule has 1 heterocycles. The minimum Gasteiger partial charge on any atom is -0.377 e. The van der Waals surface area contributed by atoms with Crippen LogP contribution in [0.2, 0.25) is 0 Å². The normalized spacial score (nSPS) is 36.0. The van der Waals surface area contributed by atoms with Gasteiger partial charge in [-0.25, -0.2) is 0 Å². The van der Waals surface area contributed by atoms with E-state index in [4.69, 9.17) is 4.74 Å². The molecule has 1 N–H and O–H groups in total. The largest absolute Gasteiger partial charge is 0.377 e. The van der Waals surface area contributed by atoms with Crippen LogP contribution in [0.4, 0.5) is 0 Å². The van der Waals surface area contributed by atoms with Crippen molar-refractivity contribution < 1.29 is 4.74 Å². The minimum atomic E-state index is 0.342. The maximum Gasteiger partial charge on any atom is 0.0626 e. The smallest absolute Gasteiger partial charge is 0.0626 e. The van der Waals surface area contributed by atoms with E-state index in [9.17, 15) is 0 Å². The molecule has 2 aliphatic carbocycles. The number of fused-ring (bicyclic) bond motifs is 2. The summed E-state index contributed by atoms with van der Waals surface area (Å²) in [6, 6.07) is 0. The van der Waals surface area contributed by atoms with Gasteiger partial charge in [-0.2, -0.15) is 5.10 Å². The van der Waals surface area contributed by atoms with Crippen LogP contribution in [0.5, 0.6) is 0 Å². The molecule has 2 fully saturated rings. The number of halogens is 1. The average Bonchev–Trinajstić information content (AvgIpc) is 2.77. The summed E-state index contributed by atoms with van der Waals surface area (Å²) in [5.41, 5.74) is 2.08. The second-order valence-electron chi connectivity index (χ2n) is 8.74. The number of hydrogen-bond acceptors (Lipinski definition) is 3. The summed E-state index contributed by atoms with van der Waals surface area (Å²) in [7, 11) is 1.99. The lowest BCUT2D eigenvalue weighted by molar-refractivity contribution is -0.109. The third-order valence-corrected chi connectivity index (χ3v) is 7.10. The van der Waals surface area contributed by atoms with Crippen LogP contribution < -0.4 is 5.32 Å². The lowest BCUT2D eigenvalue weighted by atomic mass is 9.52. The highest BCUT2D eigenvalue weighted by molar-refractivity contribution is 14.1. The zero-order valence-electron chi connectivity index (χ0n) is 15.6. The lowest BCUT2D eigenvalue weighted by Gasteiger charge is -2.55. The zero-order chi connectivity index (χ0) is 17.4. The molecule has 1 aromatic heterocycles. The third kappa shape index (κ3) is 3.98. The molecule has 136 valence electrons. The first kappa shape index (κ1) is 18.6. The van der Waals surface area contributed by atoms with Gasteiger partial charge in [-0.15, -0.1) is 0 Å². The number of rotatable bonds is 6. The average molecular weight is 445 g/mol. The predicted octanol–water partition coefficient (Wildman–Crippen LogP) is 4.01. The van der Waals surface area contributed by atoms with Gasteiger partial charge in [0.05, 0.1) is 22.5 Å². The predicted molar refractivity (Wildman–Crippen MR) is 106 cm³/mol. The summed E-state index contributed by atoms with van der Waals surface area (Å²) < 4.78 is 9.78. The van der Waals surface area contributed by atoms with Crippen LogP contribution in [0.3, 0.4) is 0 Å². The molecule has 24 heavy (non-hydrogen) atoms. The Morgan fingerprint density at radius 1 is 1.38 bits per heavy atom. The van der Waals surface area contributed by atoms with Crippen LogP contribution in [0.15, 0.2) is 6.20 Å². The Morgan fingerprint density at radius 3 is 2.83 bits per heavy atom. The van der Waals surface area contributed by atoms with Gasteiger partial charge in [0, 0.05) is 18.8 Å². The maximum atomic E-state index is 6.26. The first-order valence-corrected chi connectivity index (χ1v) is 10.4. The number of aromatic nitrogens is 2. The van der Waals surface area contributed by atoms with Gasteiger partial charge in [-0.05, 0) is 85.4 Å². The van der Waals surface area contributed by atoms with Crippen molar-refractivity contribution in [3.05, 3.63) is 15.5 Å². The van der Waals surface area contributed by atoms with Crippen molar-refractivity contribution in [1.82, 2.24) is 15.1 Å². The van der Waals surface area contributed by atoms with E-state index < -0.39 is 0 Å². The molecule has 4 nitrogen and oxygen atoms in total. The molecule has 0 radical (unpaired) electrons. The van der Waals surface area contributed by atoms with Crippen LogP contribution in [-0.4, -0.2) is 36.1 Å². The molecule has 0 saturated heterocycles. The van der Waals surface area contributed by atoms with Crippen molar-refractivity contribution in [1.29, 1.82) is 0 Å². The van der Waals surface area contributed by atoms with E-state index >= 15 is 0 Å². The highest BCUT2D eigenvalue weighted by Crippen LogP contribution is 2.58. The van der Waals surface area contributed by atoms with Crippen LogP contribution in [0, 0.1) is 27.2 Å². The Labute approximate surface area is 160 Å². The van der Waals surface area contributed by atoms with E-state index in [0.29, 0.717) is 16.9 Å². The summed E-state index contributed by atoms with van der Waals surface area (Å²) in [6.07, 6.45) is 8.79. The number of nitrogens with one attached hydrogen (secondary N) is 1. The van der Waals surface area contributed by atoms with Crippen molar-refractivity contribution in [2.24, 2.45) is 16.7 Å². The lowest BCUT2D eigenvalue weighted by Crippen LogP contribution is -2.49. The molecule has 0 aliphatic heterocycles. The first-order chi connectivity index (χ1) is 11.3. The summed E-state index contributed by atoms with van der Waals surface area (Å²) in [4.78, 5) is 0. The molecule has 2 bridgehead atoms. The molecule has 5 heteroatoms. The zero-order valence-corrected chi connectivity index (χ0v) is 17.7. The summed E-state index contributed by atoms with van der Waals surface area (Å²) in [6.45, 7) is 9.93. The van der Waals surface area contributed by atoms with Crippen molar-refractivity contribution >= 4 is 22.6 Å². The summed E-state index contributed by atoms with van der Waals surface area (Å²) >= 11 is 2.39. The maximum absolute atomic E-state index is 6.26. The van der Waals surface area contributed by atoms with Gasteiger partial charge in [0.25, 0.3) is 0 Å². The molecule has 1 aromatic rings. The molecule has 2 aliphatic rings. The van der Waals surface area contributed by atoms with Crippen molar-refractivity contribution in [3.8, 4) is 0 Å². The Morgan fingerprint density at radius 2 is 2.17 bits per heavy atom. The van der Waals surface area contributed by atoms with Crippen molar-refractivity contribution in [3.63, 3.8) is 0 Å². The molecule has 0 spiro atoms. The number of likely N-dealkylation sites (N-methyl/N-ethyl adjacent to an activating group) is 1. The molecule has 2 saturated carbocycles. The minimum absolute atomic E-state index is 0.342. The van der Waals surface area contributed by atoms with Gasteiger partial charge in [0.1, 0.15) is 0 Å². The highest BCUT2D eigenvalue weighted by Gasteiger charge is 2.51. The second kappa shape index (κ2) is 7.23. The fourth-order valence-electron chi connectivity index (χ4n) is 5.65. The van der Waals surface area contributed by atoms with Gasteiger partial charge >= 0.3 is 0 Å². The standard InChI is InChI=1S/C19H32IN3O/c1-14-7-18(3)9-16(24-6-5-21-4)10-19(8-14,12-18)13-23-15(2)17(20)11-22-23/h11,14,16,21H,5-10,12-13H2,1-4H3. The topological polar surface area (TPSA) is 39.1 Å². The summed E-state index contributed by atoms with van der Waals surface area (Å²) in [5.74, 6) is 0.803. The third-order valence-electron chi connectivity index (χ3n) is 6.04. The monoisotopic (exact) mass is 445 g/mol. The number of hydrogen-bond donors (Lipinski definition) is 1. The van der Waals surface area contributed by atoms with Gasteiger partial charge < -0.3 is 10.1 Å². The van der Waals surface area contributed by atoms with Crippen LogP contribution in [0.25, 0.3) is 0 Å². The Kier molecular flexibility index (Phi) is 5.62. The molecule has 4 atom stereocenters. The van der Waals surface area contributed by atoms with Gasteiger partial charge in [0.15, 0.2) is 0 Å². The Hall–Kier alpha value is -0.140. The second-order valence-corrected chi connectivity index (χ2v) is 9.90. The van der Waals surface area contributed by atoms with Crippen LogP contribution >= 0.6 is 22.6 Å². The fraction of sp³-hybridized carbons (Fsp3) is 0.842. The summed E-state index contributed by atoms with van der Waals surface area (Å²) in [5, 5.41) is 7.85. The first-order valence-electron chi connectivity index (χ1n) is 9.29. The molecular formula is C19H32IN3O. The van der Waals surface area contributed by atoms with Gasteiger partial charge in [-0.3, -0.25) is 4.68 Å². The SMILES string of the molecule is CNCCOC1CC2(C)CC(C)CC(Cn3ncc(I)c3C)(C1)C2. The van der Waals surface area contributed by atoms with Crippen LogP contribution in [-0.2, 0) is 11.3 Å². The van der Waals surface area contributed by atoms with E-state index in [1.807, 2.05) is 13.2 Å². The molecule has 0 aromatic carbocycles. The molecular weight excluding hydrogens is 413 g/mol. The van der Waals surface area contributed by atoms with Crippen molar-refractivity contribution in [2.45, 2.75) is 65.5 Å². The number of nitrogens with zero attached hydrogens (tertiary/aromatic N) is 2.